The highest BCUT2D eigenvalue weighted by Crippen LogP contribution is 2.21. The number of hydrazone groups is 1. The first kappa shape index (κ1) is 24.4. The summed E-state index contributed by atoms with van der Waals surface area (Å²) in [5, 5.41) is 16.2. The largest absolute Gasteiger partial charge is 0.506 e. The Bertz CT molecular complexity index is 928. The Hall–Kier alpha value is -3.88. The van der Waals surface area contributed by atoms with Crippen LogP contribution in [-0.2, 0) is 14.4 Å². The molecule has 0 bridgehead atoms. The molecule has 0 spiro atoms. The van der Waals surface area contributed by atoms with Crippen LogP contribution in [0.2, 0.25) is 0 Å². The van der Waals surface area contributed by atoms with E-state index < -0.39 is 5.91 Å². The summed E-state index contributed by atoms with van der Waals surface area (Å²) >= 11 is 0. The molecule has 0 saturated carbocycles. The standard InChI is InChI=1S/C23H28N4O5/c24-21(29)16-32-18-13-11-17(12-14-18)15-25-27-23(31)10-4-2-1-3-9-22(30)26-19-7-5-6-8-20(19)28/h5-8,11-15,28H,1-4,9-10,16H2,(H2,24,29)(H,26,30)(H,27,31)/b25-15+. The summed E-state index contributed by atoms with van der Waals surface area (Å²) in [6, 6.07) is 13.4. The molecular weight excluding hydrogens is 412 g/mol. The lowest BCUT2D eigenvalue weighted by Gasteiger charge is -2.06. The highest BCUT2D eigenvalue weighted by Gasteiger charge is 2.06. The molecule has 5 N–H and O–H groups in total. The number of nitrogens with zero attached hydrogens (tertiary/aromatic N) is 1. The number of unbranched alkanes of at least 4 members (excludes halogenated alkanes) is 3. The van der Waals surface area contributed by atoms with Gasteiger partial charge in [0.25, 0.3) is 5.91 Å². The maximum Gasteiger partial charge on any atom is 0.255 e. The van der Waals surface area contributed by atoms with E-state index in [-0.39, 0.29) is 24.2 Å². The number of ether oxygens (including phenoxy) is 1. The van der Waals surface area contributed by atoms with Gasteiger partial charge in [0.05, 0.1) is 11.9 Å². The number of primary amides is 1. The molecule has 0 unspecified atom stereocenters. The van der Waals surface area contributed by atoms with Crippen molar-refractivity contribution in [1.29, 1.82) is 0 Å². The summed E-state index contributed by atoms with van der Waals surface area (Å²) < 4.78 is 5.16. The van der Waals surface area contributed by atoms with E-state index in [1.165, 1.54) is 12.3 Å². The van der Waals surface area contributed by atoms with Gasteiger partial charge >= 0.3 is 0 Å². The number of nitrogens with two attached hydrogens (primary N) is 1. The molecule has 0 atom stereocenters. The average Bonchev–Trinajstić information content (AvgIpc) is 2.77. The Balaban J connectivity index is 1.54. The third kappa shape index (κ3) is 9.75. The van der Waals surface area contributed by atoms with Gasteiger partial charge in [0.15, 0.2) is 6.61 Å². The number of hydrogen-bond acceptors (Lipinski definition) is 6. The van der Waals surface area contributed by atoms with Crippen molar-refractivity contribution in [2.45, 2.75) is 38.5 Å². The van der Waals surface area contributed by atoms with E-state index in [0.717, 1.165) is 18.4 Å². The molecule has 0 aliphatic heterocycles. The van der Waals surface area contributed by atoms with Crippen LogP contribution in [0, 0.1) is 0 Å². The van der Waals surface area contributed by atoms with Gasteiger partial charge in [-0.2, -0.15) is 5.10 Å². The monoisotopic (exact) mass is 440 g/mol. The molecule has 9 heteroatoms. The maximum absolute atomic E-state index is 11.9. The fourth-order valence-corrected chi connectivity index (χ4v) is 2.76. The summed E-state index contributed by atoms with van der Waals surface area (Å²) in [4.78, 5) is 34.4. The Labute approximate surface area is 186 Å². The van der Waals surface area contributed by atoms with Crippen LogP contribution in [0.4, 0.5) is 5.69 Å². The van der Waals surface area contributed by atoms with Crippen LogP contribution in [0.25, 0.3) is 0 Å². The Kier molecular flexibility index (Phi) is 10.2. The number of amides is 3. The molecule has 9 nitrogen and oxygen atoms in total. The number of benzene rings is 2. The molecular formula is C23H28N4O5. The highest BCUT2D eigenvalue weighted by molar-refractivity contribution is 5.92. The van der Waals surface area contributed by atoms with Crippen LogP contribution in [0.3, 0.4) is 0 Å². The van der Waals surface area contributed by atoms with Gasteiger partial charge in [-0.05, 0) is 54.8 Å². The zero-order valence-electron chi connectivity index (χ0n) is 17.8. The van der Waals surface area contributed by atoms with E-state index in [9.17, 15) is 19.5 Å². The third-order valence-electron chi connectivity index (χ3n) is 4.40. The molecule has 2 aromatic carbocycles. The molecule has 0 aliphatic rings. The van der Waals surface area contributed by atoms with Gasteiger partial charge in [0, 0.05) is 12.8 Å². The van der Waals surface area contributed by atoms with Crippen molar-refractivity contribution in [3.8, 4) is 11.5 Å². The quantitative estimate of drug-likeness (QED) is 0.164. The third-order valence-corrected chi connectivity index (χ3v) is 4.40. The lowest BCUT2D eigenvalue weighted by Crippen LogP contribution is -2.20. The van der Waals surface area contributed by atoms with E-state index >= 15 is 0 Å². The van der Waals surface area contributed by atoms with Gasteiger partial charge in [-0.15, -0.1) is 0 Å². The second-order valence-electron chi connectivity index (χ2n) is 7.10. The summed E-state index contributed by atoms with van der Waals surface area (Å²) in [5.74, 6) is -0.319. The van der Waals surface area contributed by atoms with Crippen molar-refractivity contribution >= 4 is 29.6 Å². The van der Waals surface area contributed by atoms with E-state index in [1.54, 1.807) is 42.5 Å². The minimum Gasteiger partial charge on any atom is -0.506 e. The number of aromatic hydroxyl groups is 1. The van der Waals surface area contributed by atoms with Crippen LogP contribution in [0.5, 0.6) is 11.5 Å². The van der Waals surface area contributed by atoms with E-state index in [4.69, 9.17) is 10.5 Å². The first-order valence-corrected chi connectivity index (χ1v) is 10.3. The normalized spacial score (nSPS) is 10.6. The van der Waals surface area contributed by atoms with E-state index in [1.807, 2.05) is 0 Å². The molecule has 0 saturated heterocycles. The fraction of sp³-hybridized carbons (Fsp3) is 0.304. The predicted molar refractivity (Wildman–Crippen MR) is 121 cm³/mol. The number of para-hydroxylation sites is 2. The molecule has 0 aromatic heterocycles. The SMILES string of the molecule is NC(=O)COc1ccc(/C=N/NC(=O)CCCCCCC(=O)Nc2ccccc2O)cc1. The number of rotatable bonds is 13. The van der Waals surface area contributed by atoms with E-state index in [2.05, 4.69) is 15.8 Å². The Morgan fingerprint density at radius 1 is 0.938 bits per heavy atom. The molecule has 0 heterocycles. The number of hydrogen-bond donors (Lipinski definition) is 4. The van der Waals surface area contributed by atoms with Crippen molar-refractivity contribution < 1.29 is 24.2 Å². The number of nitrogens with one attached hydrogen (secondary N) is 2. The first-order valence-electron chi connectivity index (χ1n) is 10.3. The average molecular weight is 441 g/mol. The van der Waals surface area contributed by atoms with Crippen LogP contribution in [0.15, 0.2) is 53.6 Å². The predicted octanol–water partition coefficient (Wildman–Crippen LogP) is 2.69. The lowest BCUT2D eigenvalue weighted by molar-refractivity contribution is -0.121. The second kappa shape index (κ2) is 13.4. The maximum atomic E-state index is 11.9. The van der Waals surface area contributed by atoms with Gasteiger partial charge in [-0.25, -0.2) is 5.43 Å². The number of carbonyl (C=O) groups is 3. The summed E-state index contributed by atoms with van der Waals surface area (Å²) in [7, 11) is 0. The fourth-order valence-electron chi connectivity index (χ4n) is 2.76. The summed E-state index contributed by atoms with van der Waals surface area (Å²) in [6.45, 7) is -0.186. The number of carbonyl (C=O) groups excluding carboxylic acids is 3. The van der Waals surface area contributed by atoms with Crippen LogP contribution in [-0.4, -0.2) is 35.6 Å². The van der Waals surface area contributed by atoms with Crippen molar-refractivity contribution in [2.75, 3.05) is 11.9 Å². The van der Waals surface area contributed by atoms with Crippen molar-refractivity contribution in [2.24, 2.45) is 10.8 Å². The molecule has 170 valence electrons. The van der Waals surface area contributed by atoms with Crippen molar-refractivity contribution in [3.05, 3.63) is 54.1 Å². The van der Waals surface area contributed by atoms with Crippen LogP contribution >= 0.6 is 0 Å². The smallest absolute Gasteiger partial charge is 0.255 e. The zero-order chi connectivity index (χ0) is 23.2. The Morgan fingerprint density at radius 3 is 2.25 bits per heavy atom. The second-order valence-corrected chi connectivity index (χ2v) is 7.10. The van der Waals surface area contributed by atoms with Gasteiger partial charge < -0.3 is 20.9 Å². The molecule has 32 heavy (non-hydrogen) atoms. The van der Waals surface area contributed by atoms with Gasteiger partial charge in [-0.3, -0.25) is 14.4 Å². The topological polar surface area (TPSA) is 143 Å². The minimum atomic E-state index is -0.548. The summed E-state index contributed by atoms with van der Waals surface area (Å²) in [5.41, 5.74) is 8.66. The van der Waals surface area contributed by atoms with Crippen LogP contribution in [0.1, 0.15) is 44.1 Å². The minimum absolute atomic E-state index is 0.0424. The number of phenolic OH excluding ortho intramolecular Hbond substituents is 1. The molecule has 0 aliphatic carbocycles. The van der Waals surface area contributed by atoms with Gasteiger partial charge in [0.2, 0.25) is 11.8 Å². The molecule has 2 rings (SSSR count). The summed E-state index contributed by atoms with van der Waals surface area (Å²) in [6.07, 6.45) is 5.28. The molecule has 0 fully saturated rings. The van der Waals surface area contributed by atoms with Crippen molar-refractivity contribution in [3.63, 3.8) is 0 Å². The van der Waals surface area contributed by atoms with Gasteiger partial charge in [-0.1, -0.05) is 25.0 Å². The van der Waals surface area contributed by atoms with E-state index in [0.29, 0.717) is 37.1 Å². The first-order chi connectivity index (χ1) is 15.4. The van der Waals surface area contributed by atoms with Crippen LogP contribution < -0.4 is 21.2 Å². The lowest BCUT2D eigenvalue weighted by atomic mass is 10.1. The number of phenols is 1. The Morgan fingerprint density at radius 2 is 1.59 bits per heavy atom. The molecule has 2 aromatic rings. The molecule has 0 radical (unpaired) electrons. The number of anilines is 1. The molecule has 3 amide bonds. The van der Waals surface area contributed by atoms with Crippen molar-refractivity contribution in [1.82, 2.24) is 5.43 Å². The van der Waals surface area contributed by atoms with Gasteiger partial charge in [0.1, 0.15) is 11.5 Å². The zero-order valence-corrected chi connectivity index (χ0v) is 17.8. The highest BCUT2D eigenvalue weighted by atomic mass is 16.5.